The van der Waals surface area contributed by atoms with Crippen LogP contribution in [0.25, 0.3) is 10.6 Å². The number of nitrogens with one attached hydrogen (secondary N) is 2. The number of nitrogens with zero attached hydrogens (tertiary/aromatic N) is 1. The highest BCUT2D eigenvalue weighted by Gasteiger charge is 2.30. The molecule has 0 aliphatic rings. The Balaban J connectivity index is 2.09. The van der Waals surface area contributed by atoms with Gasteiger partial charge in [-0.3, -0.25) is 4.79 Å². The van der Waals surface area contributed by atoms with Gasteiger partial charge in [0.15, 0.2) is 5.69 Å². The topological polar surface area (TPSA) is 125 Å². The number of hydrogen-bond acceptors (Lipinski definition) is 6. The molecule has 0 bridgehead atoms. The second-order valence-electron chi connectivity index (χ2n) is 6.23. The molecule has 0 aliphatic carbocycles. The Morgan fingerprint density at radius 3 is 2.58 bits per heavy atom. The SMILES string of the molecule is CC(C)(NS(C)(=O)=O)C(=O)NCc1cccc(-c2nc(C(=O)O)cs2)c1. The predicted molar refractivity (Wildman–Crippen MR) is 98.4 cm³/mol. The number of aromatic nitrogens is 1. The number of sulfonamides is 1. The molecule has 2 rings (SSSR count). The van der Waals surface area contributed by atoms with Crippen molar-refractivity contribution >= 4 is 33.2 Å². The number of rotatable bonds is 7. The van der Waals surface area contributed by atoms with Crippen molar-refractivity contribution in [3.8, 4) is 10.6 Å². The van der Waals surface area contributed by atoms with Crippen LogP contribution in [0.4, 0.5) is 0 Å². The van der Waals surface area contributed by atoms with E-state index in [4.69, 9.17) is 5.11 Å². The van der Waals surface area contributed by atoms with Crippen LogP contribution < -0.4 is 10.0 Å². The first-order chi connectivity index (χ1) is 12.0. The lowest BCUT2D eigenvalue weighted by molar-refractivity contribution is -0.125. The molecule has 2 aromatic rings. The van der Waals surface area contributed by atoms with Crippen molar-refractivity contribution in [2.24, 2.45) is 0 Å². The van der Waals surface area contributed by atoms with Gasteiger partial charge in [-0.05, 0) is 25.5 Å². The molecule has 0 spiro atoms. The summed E-state index contributed by atoms with van der Waals surface area (Å²) < 4.78 is 25.0. The molecule has 26 heavy (non-hydrogen) atoms. The van der Waals surface area contributed by atoms with E-state index in [9.17, 15) is 18.0 Å². The number of thiazole rings is 1. The number of carboxylic acid groups (broad SMARTS) is 1. The largest absolute Gasteiger partial charge is 0.476 e. The minimum Gasteiger partial charge on any atom is -0.476 e. The molecular formula is C16H19N3O5S2. The quantitative estimate of drug-likeness (QED) is 0.649. The van der Waals surface area contributed by atoms with Crippen LogP contribution in [-0.4, -0.2) is 42.2 Å². The van der Waals surface area contributed by atoms with Gasteiger partial charge in [0.05, 0.1) is 6.26 Å². The number of benzene rings is 1. The van der Waals surface area contributed by atoms with E-state index in [1.165, 1.54) is 30.6 Å². The maximum atomic E-state index is 12.2. The van der Waals surface area contributed by atoms with Crippen molar-refractivity contribution in [1.29, 1.82) is 0 Å². The predicted octanol–water partition coefficient (Wildman–Crippen LogP) is 1.45. The van der Waals surface area contributed by atoms with Crippen molar-refractivity contribution in [2.75, 3.05) is 6.26 Å². The summed E-state index contributed by atoms with van der Waals surface area (Å²) in [7, 11) is -3.52. The smallest absolute Gasteiger partial charge is 0.355 e. The van der Waals surface area contributed by atoms with E-state index >= 15 is 0 Å². The van der Waals surface area contributed by atoms with Gasteiger partial charge in [-0.1, -0.05) is 18.2 Å². The molecule has 0 fully saturated rings. The molecule has 1 aromatic heterocycles. The number of carbonyl (C=O) groups excluding carboxylic acids is 1. The van der Waals surface area contributed by atoms with Crippen LogP contribution in [0.15, 0.2) is 29.6 Å². The van der Waals surface area contributed by atoms with Gasteiger partial charge in [-0.15, -0.1) is 11.3 Å². The fourth-order valence-electron chi connectivity index (χ4n) is 2.23. The summed E-state index contributed by atoms with van der Waals surface area (Å²) in [6.07, 6.45) is 0.991. The maximum absolute atomic E-state index is 12.2. The van der Waals surface area contributed by atoms with Crippen molar-refractivity contribution in [3.63, 3.8) is 0 Å². The van der Waals surface area contributed by atoms with Crippen LogP contribution >= 0.6 is 11.3 Å². The normalized spacial score (nSPS) is 12.0. The highest BCUT2D eigenvalue weighted by Crippen LogP contribution is 2.24. The first-order valence-corrected chi connectivity index (χ1v) is 10.3. The van der Waals surface area contributed by atoms with Crippen LogP contribution in [0.5, 0.6) is 0 Å². The van der Waals surface area contributed by atoms with E-state index in [1.807, 2.05) is 0 Å². The van der Waals surface area contributed by atoms with E-state index in [0.717, 1.165) is 17.4 Å². The molecule has 0 unspecified atom stereocenters. The molecule has 3 N–H and O–H groups in total. The van der Waals surface area contributed by atoms with Crippen LogP contribution in [0.1, 0.15) is 29.9 Å². The Labute approximate surface area is 155 Å². The van der Waals surface area contributed by atoms with Crippen molar-refractivity contribution in [1.82, 2.24) is 15.0 Å². The maximum Gasteiger partial charge on any atom is 0.355 e. The van der Waals surface area contributed by atoms with E-state index in [1.54, 1.807) is 24.3 Å². The first kappa shape index (κ1) is 20.0. The van der Waals surface area contributed by atoms with Crippen LogP contribution in [0, 0.1) is 0 Å². The molecule has 1 heterocycles. The van der Waals surface area contributed by atoms with Gasteiger partial charge in [0.25, 0.3) is 0 Å². The lowest BCUT2D eigenvalue weighted by atomic mass is 10.1. The number of amides is 1. The van der Waals surface area contributed by atoms with Crippen LogP contribution in [-0.2, 0) is 21.4 Å². The minimum atomic E-state index is -3.52. The summed E-state index contributed by atoms with van der Waals surface area (Å²) in [5.74, 6) is -1.55. The molecule has 0 aliphatic heterocycles. The molecular weight excluding hydrogens is 378 g/mol. The van der Waals surface area contributed by atoms with Gasteiger partial charge in [0.1, 0.15) is 10.5 Å². The Morgan fingerprint density at radius 1 is 1.31 bits per heavy atom. The molecule has 10 heteroatoms. The molecule has 0 radical (unpaired) electrons. The molecule has 140 valence electrons. The van der Waals surface area contributed by atoms with Gasteiger partial charge in [-0.2, -0.15) is 0 Å². The molecule has 1 amide bonds. The monoisotopic (exact) mass is 397 g/mol. The van der Waals surface area contributed by atoms with Crippen molar-refractivity contribution in [2.45, 2.75) is 25.9 Å². The average Bonchev–Trinajstić information content (AvgIpc) is 3.00. The summed E-state index contributed by atoms with van der Waals surface area (Å²) in [6.45, 7) is 3.14. The summed E-state index contributed by atoms with van der Waals surface area (Å²) >= 11 is 1.22. The summed E-state index contributed by atoms with van der Waals surface area (Å²) in [5.41, 5.74) is 0.217. The highest BCUT2D eigenvalue weighted by molar-refractivity contribution is 7.88. The van der Waals surface area contributed by atoms with Gasteiger partial charge in [0, 0.05) is 17.5 Å². The van der Waals surface area contributed by atoms with E-state index < -0.39 is 27.4 Å². The minimum absolute atomic E-state index is 0.0164. The lowest BCUT2D eigenvalue weighted by Crippen LogP contribution is -2.54. The Kier molecular flexibility index (Phi) is 5.79. The molecule has 0 atom stereocenters. The van der Waals surface area contributed by atoms with Crippen LogP contribution in [0.2, 0.25) is 0 Å². The number of carbonyl (C=O) groups is 2. The zero-order chi connectivity index (χ0) is 19.5. The second kappa shape index (κ2) is 7.52. The van der Waals surface area contributed by atoms with E-state index in [0.29, 0.717) is 5.01 Å². The molecule has 1 aromatic carbocycles. The van der Waals surface area contributed by atoms with Gasteiger partial charge >= 0.3 is 5.97 Å². The zero-order valence-corrected chi connectivity index (χ0v) is 16.1. The third kappa shape index (κ3) is 5.35. The summed E-state index contributed by atoms with van der Waals surface area (Å²) in [6, 6.07) is 7.16. The van der Waals surface area contributed by atoms with Crippen LogP contribution in [0.3, 0.4) is 0 Å². The third-order valence-corrected chi connectivity index (χ3v) is 5.13. The number of hydrogen-bond donors (Lipinski definition) is 3. The molecule has 0 saturated carbocycles. The van der Waals surface area contributed by atoms with Crippen molar-refractivity contribution < 1.29 is 23.1 Å². The average molecular weight is 397 g/mol. The number of carboxylic acids is 1. The van der Waals surface area contributed by atoms with Crippen molar-refractivity contribution in [3.05, 3.63) is 40.9 Å². The summed E-state index contributed by atoms with van der Waals surface area (Å²) in [5, 5.41) is 13.7. The second-order valence-corrected chi connectivity index (χ2v) is 8.83. The fraction of sp³-hybridized carbons (Fsp3) is 0.312. The Bertz CT molecular complexity index is 935. The summed E-state index contributed by atoms with van der Waals surface area (Å²) in [4.78, 5) is 27.2. The van der Waals surface area contributed by atoms with E-state index in [2.05, 4.69) is 15.0 Å². The number of aromatic carboxylic acids is 1. The van der Waals surface area contributed by atoms with Gasteiger partial charge < -0.3 is 10.4 Å². The fourth-order valence-corrected chi connectivity index (χ4v) is 4.04. The highest BCUT2D eigenvalue weighted by atomic mass is 32.2. The molecule has 0 saturated heterocycles. The standard InChI is InChI=1S/C16H19N3O5S2/c1-16(2,19-26(3,23)24)15(22)17-8-10-5-4-6-11(7-10)13-18-12(9-25-13)14(20)21/h4-7,9,19H,8H2,1-3H3,(H,17,22)(H,20,21). The van der Waals surface area contributed by atoms with E-state index in [-0.39, 0.29) is 12.2 Å². The van der Waals surface area contributed by atoms with Gasteiger partial charge in [-0.25, -0.2) is 22.9 Å². The first-order valence-electron chi connectivity index (χ1n) is 7.53. The Hall–Kier alpha value is -2.30. The third-order valence-electron chi connectivity index (χ3n) is 3.36. The zero-order valence-electron chi connectivity index (χ0n) is 14.4. The van der Waals surface area contributed by atoms with Gasteiger partial charge in [0.2, 0.25) is 15.9 Å². The Morgan fingerprint density at radius 2 is 2.00 bits per heavy atom. The lowest BCUT2D eigenvalue weighted by Gasteiger charge is -2.23. The molecule has 8 nitrogen and oxygen atoms in total.